The van der Waals surface area contributed by atoms with Gasteiger partial charge < -0.3 is 0 Å². The van der Waals surface area contributed by atoms with Crippen molar-refractivity contribution in [1.82, 2.24) is 9.78 Å². The van der Waals surface area contributed by atoms with Gasteiger partial charge in [-0.05, 0) is 44.4 Å². The molecule has 0 aliphatic rings. The van der Waals surface area contributed by atoms with Gasteiger partial charge in [-0.25, -0.2) is 9.67 Å². The number of rotatable bonds is 3. The molecule has 0 spiro atoms. The molecule has 0 saturated carbocycles. The van der Waals surface area contributed by atoms with E-state index in [1.807, 2.05) is 30.0 Å². The van der Waals surface area contributed by atoms with Crippen LogP contribution in [0.1, 0.15) is 32.0 Å². The van der Waals surface area contributed by atoms with Crippen molar-refractivity contribution < 1.29 is 0 Å². The number of benzene rings is 2. The first-order valence-corrected chi connectivity index (χ1v) is 8.20. The summed E-state index contributed by atoms with van der Waals surface area (Å²) >= 11 is 0. The van der Waals surface area contributed by atoms with Crippen molar-refractivity contribution in [2.45, 2.75) is 33.2 Å². The van der Waals surface area contributed by atoms with Gasteiger partial charge in [-0.2, -0.15) is 5.10 Å². The average Bonchev–Trinajstić information content (AvgIpc) is 2.95. The minimum atomic E-state index is -0.0852. The van der Waals surface area contributed by atoms with Gasteiger partial charge in [0.1, 0.15) is 0 Å². The van der Waals surface area contributed by atoms with Crippen LogP contribution in [0.15, 0.2) is 65.7 Å². The lowest BCUT2D eigenvalue weighted by atomic mass is 10.0. The van der Waals surface area contributed by atoms with Crippen molar-refractivity contribution in [3.05, 3.63) is 71.9 Å². The summed E-state index contributed by atoms with van der Waals surface area (Å²) in [5.74, 6) is 0.882. The average molecular weight is 317 g/mol. The lowest BCUT2D eigenvalue weighted by molar-refractivity contribution is 0.358. The zero-order chi connectivity index (χ0) is 17.2. The molecule has 2 aromatic carbocycles. The normalized spacial score (nSPS) is 12.0. The molecule has 1 aromatic heterocycles. The van der Waals surface area contributed by atoms with Crippen LogP contribution >= 0.6 is 0 Å². The van der Waals surface area contributed by atoms with Gasteiger partial charge in [0.25, 0.3) is 0 Å². The Bertz CT molecular complexity index is 835. The summed E-state index contributed by atoms with van der Waals surface area (Å²) in [5.41, 5.74) is 4.41. The van der Waals surface area contributed by atoms with Crippen LogP contribution in [0.3, 0.4) is 0 Å². The molecular weight excluding hydrogens is 294 g/mol. The molecule has 0 atom stereocenters. The van der Waals surface area contributed by atoms with Gasteiger partial charge in [-0.15, -0.1) is 0 Å². The number of nitrogens with zero attached hydrogens (tertiary/aromatic N) is 3. The Balaban J connectivity index is 1.83. The second kappa shape index (κ2) is 6.44. The Labute approximate surface area is 143 Å². The topological polar surface area (TPSA) is 30.2 Å². The van der Waals surface area contributed by atoms with Gasteiger partial charge in [0.15, 0.2) is 5.82 Å². The van der Waals surface area contributed by atoms with Crippen LogP contribution in [-0.2, 0) is 5.54 Å². The van der Waals surface area contributed by atoms with Gasteiger partial charge >= 0.3 is 0 Å². The fraction of sp³-hybridized carbons (Fsp3) is 0.238. The molecule has 0 unspecified atom stereocenters. The van der Waals surface area contributed by atoms with E-state index in [1.54, 1.807) is 0 Å². The minimum Gasteiger partial charge on any atom is -0.242 e. The van der Waals surface area contributed by atoms with Crippen molar-refractivity contribution in [3.8, 4) is 11.1 Å². The number of aryl methyl sites for hydroxylation is 1. The summed E-state index contributed by atoms with van der Waals surface area (Å²) < 4.78 is 1.97. The summed E-state index contributed by atoms with van der Waals surface area (Å²) in [4.78, 5) is 4.64. The van der Waals surface area contributed by atoms with Crippen LogP contribution in [-0.4, -0.2) is 16.0 Å². The molecule has 122 valence electrons. The Morgan fingerprint density at radius 2 is 1.54 bits per heavy atom. The van der Waals surface area contributed by atoms with E-state index < -0.39 is 0 Å². The van der Waals surface area contributed by atoms with E-state index in [1.165, 1.54) is 11.1 Å². The Hall–Kier alpha value is -2.68. The van der Waals surface area contributed by atoms with E-state index in [0.717, 1.165) is 17.1 Å². The summed E-state index contributed by atoms with van der Waals surface area (Å²) in [7, 11) is 0. The highest BCUT2D eigenvalue weighted by Crippen LogP contribution is 2.24. The zero-order valence-electron chi connectivity index (χ0n) is 14.7. The largest absolute Gasteiger partial charge is 0.242 e. The molecule has 1 heterocycles. The SMILES string of the molecule is Cc1cc(/N=C/c2ccc(-c3ccccc3)cc2)n(C(C)(C)C)n1. The van der Waals surface area contributed by atoms with Gasteiger partial charge in [-0.1, -0.05) is 54.6 Å². The standard InChI is InChI=1S/C21H23N3/c1-16-14-20(24(23-16)21(2,3)4)22-15-17-10-12-19(13-11-17)18-8-6-5-7-9-18/h5-15H,1-4H3/b22-15+. The molecule has 0 bridgehead atoms. The summed E-state index contributed by atoms with van der Waals surface area (Å²) in [6.45, 7) is 8.39. The van der Waals surface area contributed by atoms with Gasteiger partial charge in [0, 0.05) is 12.3 Å². The van der Waals surface area contributed by atoms with Crippen LogP contribution in [0.4, 0.5) is 5.82 Å². The predicted molar refractivity (Wildman–Crippen MR) is 101 cm³/mol. The van der Waals surface area contributed by atoms with Crippen LogP contribution in [0.25, 0.3) is 11.1 Å². The van der Waals surface area contributed by atoms with Crippen molar-refractivity contribution in [2.24, 2.45) is 4.99 Å². The highest BCUT2D eigenvalue weighted by atomic mass is 15.4. The zero-order valence-corrected chi connectivity index (χ0v) is 14.7. The number of hydrogen-bond donors (Lipinski definition) is 0. The van der Waals surface area contributed by atoms with Crippen molar-refractivity contribution in [3.63, 3.8) is 0 Å². The van der Waals surface area contributed by atoms with Crippen molar-refractivity contribution >= 4 is 12.0 Å². The molecule has 3 nitrogen and oxygen atoms in total. The highest BCUT2D eigenvalue weighted by molar-refractivity contribution is 5.82. The van der Waals surface area contributed by atoms with Crippen LogP contribution in [0.2, 0.25) is 0 Å². The predicted octanol–water partition coefficient (Wildman–Crippen LogP) is 5.36. The molecule has 0 radical (unpaired) electrons. The third kappa shape index (κ3) is 3.62. The summed E-state index contributed by atoms with van der Waals surface area (Å²) in [6.07, 6.45) is 1.90. The Morgan fingerprint density at radius 3 is 2.17 bits per heavy atom. The van der Waals surface area contributed by atoms with E-state index in [9.17, 15) is 0 Å². The maximum Gasteiger partial charge on any atom is 0.151 e. The molecular formula is C21H23N3. The van der Waals surface area contributed by atoms with Gasteiger partial charge in [0.05, 0.1) is 11.2 Å². The molecule has 0 amide bonds. The fourth-order valence-electron chi connectivity index (χ4n) is 2.60. The molecule has 3 aromatic rings. The Morgan fingerprint density at radius 1 is 0.917 bits per heavy atom. The smallest absolute Gasteiger partial charge is 0.151 e. The van der Waals surface area contributed by atoms with Crippen LogP contribution in [0.5, 0.6) is 0 Å². The second-order valence-electron chi connectivity index (χ2n) is 6.97. The maximum absolute atomic E-state index is 4.64. The molecule has 3 heteroatoms. The van der Waals surface area contributed by atoms with Crippen LogP contribution < -0.4 is 0 Å². The second-order valence-corrected chi connectivity index (χ2v) is 6.97. The fourth-order valence-corrected chi connectivity index (χ4v) is 2.60. The third-order valence-corrected chi connectivity index (χ3v) is 3.81. The lowest BCUT2D eigenvalue weighted by Crippen LogP contribution is -2.22. The van der Waals surface area contributed by atoms with Gasteiger partial charge in [0.2, 0.25) is 0 Å². The molecule has 0 saturated heterocycles. The van der Waals surface area contributed by atoms with Gasteiger partial charge in [-0.3, -0.25) is 0 Å². The maximum atomic E-state index is 4.64. The first kappa shape index (κ1) is 16.2. The van der Waals surface area contributed by atoms with Crippen LogP contribution in [0, 0.1) is 6.92 Å². The molecule has 24 heavy (non-hydrogen) atoms. The summed E-state index contributed by atoms with van der Waals surface area (Å²) in [5, 5.41) is 4.55. The first-order valence-electron chi connectivity index (χ1n) is 8.20. The van der Waals surface area contributed by atoms with E-state index in [2.05, 4.69) is 79.4 Å². The number of aliphatic imine (C=N–C) groups is 1. The van der Waals surface area contributed by atoms with Crippen molar-refractivity contribution in [2.75, 3.05) is 0 Å². The summed E-state index contributed by atoms with van der Waals surface area (Å²) in [6, 6.07) is 20.8. The molecule has 0 aliphatic heterocycles. The number of aromatic nitrogens is 2. The highest BCUT2D eigenvalue weighted by Gasteiger charge is 2.17. The quantitative estimate of drug-likeness (QED) is 0.598. The molecule has 0 aliphatic carbocycles. The number of hydrogen-bond acceptors (Lipinski definition) is 2. The van der Waals surface area contributed by atoms with E-state index in [-0.39, 0.29) is 5.54 Å². The molecule has 0 N–H and O–H groups in total. The molecule has 3 rings (SSSR count). The monoisotopic (exact) mass is 317 g/mol. The van der Waals surface area contributed by atoms with E-state index in [4.69, 9.17) is 0 Å². The first-order chi connectivity index (χ1) is 11.4. The Kier molecular flexibility index (Phi) is 4.34. The van der Waals surface area contributed by atoms with E-state index >= 15 is 0 Å². The van der Waals surface area contributed by atoms with E-state index in [0.29, 0.717) is 0 Å². The minimum absolute atomic E-state index is 0.0852. The third-order valence-electron chi connectivity index (χ3n) is 3.81. The van der Waals surface area contributed by atoms with Crippen molar-refractivity contribution in [1.29, 1.82) is 0 Å². The molecule has 0 fully saturated rings. The lowest BCUT2D eigenvalue weighted by Gasteiger charge is -2.20.